The molecular formula is C38H33ClF5N3O7S. The van der Waals surface area contributed by atoms with Gasteiger partial charge in [-0.05, 0) is 65.6 Å². The first-order valence-electron chi connectivity index (χ1n) is 16.7. The predicted octanol–water partition coefficient (Wildman–Crippen LogP) is 6.72. The molecule has 55 heavy (non-hydrogen) atoms. The van der Waals surface area contributed by atoms with Gasteiger partial charge >= 0.3 is 13.2 Å². The smallest absolute Gasteiger partial charge is 0.347 e. The lowest BCUT2D eigenvalue weighted by atomic mass is 9.82. The van der Waals surface area contributed by atoms with E-state index in [0.717, 1.165) is 12.1 Å². The third-order valence-corrected chi connectivity index (χ3v) is 11.6. The number of nitrogens with one attached hydrogen (secondary N) is 2. The number of aromatic hydroxyl groups is 1. The SMILES string of the molecule is Cc1cc(CS(=O)(=O)CC(C)(CNC(=O)c2ccccc2O)c2cc(F)ccc2Cl)ccc1C1NC(OC(F)F)C2=C1C(=O)C(OC(F)F)c1cccnc12. The minimum atomic E-state index is -4.10. The summed E-state index contributed by atoms with van der Waals surface area (Å²) in [5.74, 6) is -3.78. The molecule has 1 amide bonds. The molecule has 1 aromatic heterocycles. The largest absolute Gasteiger partial charge is 0.507 e. The van der Waals surface area contributed by atoms with E-state index in [4.69, 9.17) is 16.3 Å². The Hall–Kier alpha value is -4.74. The number of alkyl halides is 4. The Bertz CT molecular complexity index is 2290. The van der Waals surface area contributed by atoms with Crippen LogP contribution in [-0.2, 0) is 35.3 Å². The number of para-hydroxylation sites is 1. The van der Waals surface area contributed by atoms with E-state index in [-0.39, 0.29) is 56.4 Å². The average molecular weight is 806 g/mol. The zero-order chi connectivity index (χ0) is 39.8. The second-order valence-electron chi connectivity index (χ2n) is 13.4. The minimum absolute atomic E-state index is 0.0259. The summed E-state index contributed by atoms with van der Waals surface area (Å²) in [4.78, 5) is 31.0. The van der Waals surface area contributed by atoms with Crippen LogP contribution in [0.25, 0.3) is 5.57 Å². The van der Waals surface area contributed by atoms with E-state index >= 15 is 0 Å². The number of ketones is 1. The Kier molecular flexibility index (Phi) is 11.5. The molecule has 0 saturated carbocycles. The van der Waals surface area contributed by atoms with Crippen molar-refractivity contribution in [2.24, 2.45) is 0 Å². The van der Waals surface area contributed by atoms with E-state index < -0.39 is 75.9 Å². The lowest BCUT2D eigenvalue weighted by molar-refractivity contribution is -0.174. The van der Waals surface area contributed by atoms with E-state index in [1.54, 1.807) is 6.92 Å². The number of phenolic OH excluding ortho intramolecular Hbond substituents is 1. The maximum Gasteiger partial charge on any atom is 0.347 e. The minimum Gasteiger partial charge on any atom is -0.507 e. The third-order valence-electron chi connectivity index (χ3n) is 9.45. The second kappa shape index (κ2) is 15.8. The molecule has 17 heteroatoms. The lowest BCUT2D eigenvalue weighted by Crippen LogP contribution is -2.44. The number of benzene rings is 3. The van der Waals surface area contributed by atoms with Gasteiger partial charge in [-0.2, -0.15) is 17.6 Å². The van der Waals surface area contributed by atoms with Crippen molar-refractivity contribution in [1.82, 2.24) is 15.6 Å². The van der Waals surface area contributed by atoms with Crippen LogP contribution in [0.15, 0.2) is 84.6 Å². The van der Waals surface area contributed by atoms with Gasteiger partial charge in [0, 0.05) is 39.9 Å². The number of nitrogens with zero attached hydrogens (tertiary/aromatic N) is 1. The highest BCUT2D eigenvalue weighted by atomic mass is 35.5. The van der Waals surface area contributed by atoms with Crippen molar-refractivity contribution in [3.63, 3.8) is 0 Å². The van der Waals surface area contributed by atoms with Crippen LogP contribution >= 0.6 is 11.6 Å². The highest BCUT2D eigenvalue weighted by Crippen LogP contribution is 2.48. The highest BCUT2D eigenvalue weighted by molar-refractivity contribution is 7.90. The summed E-state index contributed by atoms with van der Waals surface area (Å²) in [6.45, 7) is -3.87. The van der Waals surface area contributed by atoms with Gasteiger partial charge in [-0.15, -0.1) is 0 Å². The zero-order valence-corrected chi connectivity index (χ0v) is 30.6. The lowest BCUT2D eigenvalue weighted by Gasteiger charge is -2.31. The van der Waals surface area contributed by atoms with Crippen molar-refractivity contribution < 1.29 is 54.5 Å². The van der Waals surface area contributed by atoms with Gasteiger partial charge < -0.3 is 15.2 Å². The van der Waals surface area contributed by atoms with E-state index in [2.05, 4.69) is 20.4 Å². The van der Waals surface area contributed by atoms with Crippen LogP contribution < -0.4 is 10.6 Å². The van der Waals surface area contributed by atoms with Crippen LogP contribution in [0.5, 0.6) is 5.75 Å². The van der Waals surface area contributed by atoms with Gasteiger partial charge in [-0.1, -0.05) is 54.9 Å². The molecule has 3 N–H and O–H groups in total. The Morgan fingerprint density at radius 1 is 1.00 bits per heavy atom. The van der Waals surface area contributed by atoms with E-state index in [0.29, 0.717) is 11.1 Å². The van der Waals surface area contributed by atoms with E-state index in [1.807, 2.05) is 0 Å². The number of ether oxygens (including phenoxy) is 2. The van der Waals surface area contributed by atoms with Gasteiger partial charge in [0.15, 0.2) is 21.7 Å². The molecule has 6 rings (SSSR count). The number of aryl methyl sites for hydroxylation is 1. The Morgan fingerprint density at radius 3 is 2.42 bits per heavy atom. The number of carbonyl (C=O) groups excluding carboxylic acids is 2. The molecule has 1 aliphatic carbocycles. The van der Waals surface area contributed by atoms with Crippen molar-refractivity contribution in [3.05, 3.63) is 134 Å². The van der Waals surface area contributed by atoms with Crippen LogP contribution in [0.2, 0.25) is 5.02 Å². The number of aromatic nitrogens is 1. The molecule has 0 fully saturated rings. The zero-order valence-electron chi connectivity index (χ0n) is 29.0. The summed E-state index contributed by atoms with van der Waals surface area (Å²) < 4.78 is 106. The number of rotatable bonds is 13. The normalized spacial score (nSPS) is 19.4. The molecule has 4 unspecified atom stereocenters. The van der Waals surface area contributed by atoms with Crippen LogP contribution in [0, 0.1) is 12.7 Å². The second-order valence-corrected chi connectivity index (χ2v) is 15.9. The van der Waals surface area contributed by atoms with Crippen molar-refractivity contribution in [3.8, 4) is 5.75 Å². The summed E-state index contributed by atoms with van der Waals surface area (Å²) in [7, 11) is -4.10. The number of hydrogen-bond donors (Lipinski definition) is 3. The Labute approximate surface area is 317 Å². The molecule has 0 radical (unpaired) electrons. The number of carbonyl (C=O) groups is 2. The fourth-order valence-corrected chi connectivity index (χ4v) is 9.50. The van der Waals surface area contributed by atoms with Crippen molar-refractivity contribution in [1.29, 1.82) is 0 Å². The van der Waals surface area contributed by atoms with Crippen molar-refractivity contribution in [2.75, 3.05) is 12.3 Å². The predicted molar refractivity (Wildman–Crippen MR) is 191 cm³/mol. The first-order chi connectivity index (χ1) is 26.0. The fraction of sp³-hybridized carbons (Fsp3) is 0.289. The molecule has 4 atom stereocenters. The highest BCUT2D eigenvalue weighted by Gasteiger charge is 2.48. The molecule has 3 aromatic carbocycles. The standard InChI is InChI=1S/C38H33ClF5N3O7S/c1-19-14-20(16-55(51,52)18-38(2,25-15-21(40)10-12-26(25)39)17-46-34(50)23-6-3-4-8-27(23)48)9-11-22(19)31-28-29(35(47-31)54-37(43)44)30-24(7-5-13-45-30)33(32(28)49)53-36(41)42/h3-15,31,33,35-37,47-48H,16-18H2,1-2H3,(H,46,50). The van der Waals surface area contributed by atoms with Gasteiger partial charge in [-0.25, -0.2) is 12.8 Å². The van der Waals surface area contributed by atoms with Gasteiger partial charge in [0.25, 0.3) is 5.91 Å². The summed E-state index contributed by atoms with van der Waals surface area (Å²) in [6, 6.07) is 15.2. The van der Waals surface area contributed by atoms with E-state index in [1.165, 1.54) is 73.8 Å². The van der Waals surface area contributed by atoms with Crippen molar-refractivity contribution >= 4 is 38.7 Å². The quantitative estimate of drug-likeness (QED) is 0.126. The molecule has 290 valence electrons. The van der Waals surface area contributed by atoms with Crippen LogP contribution in [0.1, 0.15) is 62.9 Å². The maximum absolute atomic E-state index is 14.5. The number of sulfone groups is 1. The summed E-state index contributed by atoms with van der Waals surface area (Å²) in [5, 5.41) is 15.7. The number of pyridine rings is 1. The molecule has 0 saturated heterocycles. The number of fused-ring (bicyclic) bond motifs is 2. The number of amides is 1. The number of halogens is 6. The summed E-state index contributed by atoms with van der Waals surface area (Å²) >= 11 is 6.44. The average Bonchev–Trinajstić information content (AvgIpc) is 3.48. The molecule has 0 bridgehead atoms. The van der Waals surface area contributed by atoms with Crippen molar-refractivity contribution in [2.45, 2.75) is 56.6 Å². The fourth-order valence-electron chi connectivity index (χ4n) is 7.13. The van der Waals surface area contributed by atoms with E-state index in [9.17, 15) is 45.1 Å². The first kappa shape index (κ1) is 39.9. The van der Waals surface area contributed by atoms with Crippen LogP contribution in [0.4, 0.5) is 22.0 Å². The van der Waals surface area contributed by atoms with Gasteiger partial charge in [0.2, 0.25) is 0 Å². The number of Topliss-reactive ketones (excluding diaryl/α,β-unsaturated/α-hetero) is 1. The molecule has 2 aliphatic rings. The molecule has 1 aliphatic heterocycles. The number of phenols is 1. The third kappa shape index (κ3) is 8.43. The Morgan fingerprint density at radius 2 is 1.73 bits per heavy atom. The van der Waals surface area contributed by atoms with Gasteiger partial charge in [0.05, 0.1) is 28.8 Å². The first-order valence-corrected chi connectivity index (χ1v) is 18.9. The number of hydrogen-bond acceptors (Lipinski definition) is 9. The molecule has 10 nitrogen and oxygen atoms in total. The molecule has 2 heterocycles. The van der Waals surface area contributed by atoms with Crippen LogP contribution in [0.3, 0.4) is 0 Å². The topological polar surface area (TPSA) is 144 Å². The summed E-state index contributed by atoms with van der Waals surface area (Å²) in [6.07, 6.45) is -2.05. The molecular weight excluding hydrogens is 773 g/mol. The van der Waals surface area contributed by atoms with Gasteiger partial charge in [0.1, 0.15) is 17.8 Å². The maximum atomic E-state index is 14.5. The molecule has 4 aromatic rings. The van der Waals surface area contributed by atoms with Crippen LogP contribution in [-0.4, -0.2) is 61.9 Å². The molecule has 0 spiro atoms. The summed E-state index contributed by atoms with van der Waals surface area (Å²) in [5.41, 5.74) is -0.704. The Balaban J connectivity index is 1.30. The van der Waals surface area contributed by atoms with Gasteiger partial charge in [-0.3, -0.25) is 24.6 Å². The monoisotopic (exact) mass is 805 g/mol.